The number of hydrogen-bond donors (Lipinski definition) is 4. The molecule has 0 fully saturated rings. The highest BCUT2D eigenvalue weighted by atomic mass is 16.4. The molecule has 1 atom stereocenters. The highest BCUT2D eigenvalue weighted by molar-refractivity contribution is 5.97. The number of allylic oxidation sites excluding steroid dienone is 1. The van der Waals surface area contributed by atoms with Crippen molar-refractivity contribution in [3.8, 4) is 0 Å². The predicted molar refractivity (Wildman–Crippen MR) is 92.1 cm³/mol. The number of benzene rings is 1. The second kappa shape index (κ2) is 9.34. The minimum Gasteiger partial charge on any atom is -0.480 e. The number of aliphatic carboxylic acids is 1. The lowest BCUT2D eigenvalue weighted by molar-refractivity contribution is -0.139. The molecule has 0 saturated carbocycles. The molecule has 3 amide bonds. The van der Waals surface area contributed by atoms with Crippen LogP contribution >= 0.6 is 0 Å². The minimum absolute atomic E-state index is 0.0140. The summed E-state index contributed by atoms with van der Waals surface area (Å²) in [6.45, 7) is 5.47. The molecule has 0 aromatic heterocycles. The van der Waals surface area contributed by atoms with Crippen LogP contribution in [0.3, 0.4) is 0 Å². The van der Waals surface area contributed by atoms with Crippen molar-refractivity contribution in [2.45, 2.75) is 39.3 Å². The maximum atomic E-state index is 12.1. The molecule has 0 radical (unpaired) electrons. The number of hydrogen-bond acceptors (Lipinski definition) is 3. The summed E-state index contributed by atoms with van der Waals surface area (Å²) in [5.41, 5.74) is 0.852. The van der Waals surface area contributed by atoms with Crippen molar-refractivity contribution in [3.05, 3.63) is 42.0 Å². The van der Waals surface area contributed by atoms with Gasteiger partial charge in [0.15, 0.2) is 0 Å². The van der Waals surface area contributed by atoms with E-state index in [4.69, 9.17) is 5.11 Å². The number of urea groups is 1. The van der Waals surface area contributed by atoms with Crippen molar-refractivity contribution in [3.63, 3.8) is 0 Å². The Hall–Kier alpha value is -2.83. The maximum Gasteiger partial charge on any atom is 0.326 e. The predicted octanol–water partition coefficient (Wildman–Crippen LogP) is 2.37. The quantitative estimate of drug-likeness (QED) is 0.575. The molecule has 0 aliphatic carbocycles. The van der Waals surface area contributed by atoms with Gasteiger partial charge in [0.2, 0.25) is 0 Å². The topological polar surface area (TPSA) is 108 Å². The van der Waals surface area contributed by atoms with Gasteiger partial charge in [0.1, 0.15) is 6.04 Å². The molecule has 0 heterocycles. The van der Waals surface area contributed by atoms with Gasteiger partial charge >= 0.3 is 12.0 Å². The zero-order valence-electron chi connectivity index (χ0n) is 14.0. The monoisotopic (exact) mass is 333 g/mol. The minimum atomic E-state index is -1.09. The third kappa shape index (κ3) is 6.51. The molecule has 0 aliphatic rings. The first-order valence-electron chi connectivity index (χ1n) is 7.66. The number of rotatable bonds is 7. The Balaban J connectivity index is 2.68. The van der Waals surface area contributed by atoms with Crippen LogP contribution in [0.5, 0.6) is 0 Å². The van der Waals surface area contributed by atoms with Gasteiger partial charge in [-0.3, -0.25) is 4.79 Å². The molecule has 0 spiro atoms. The van der Waals surface area contributed by atoms with Crippen molar-refractivity contribution in [2.24, 2.45) is 0 Å². The van der Waals surface area contributed by atoms with Crippen LogP contribution in [0.2, 0.25) is 0 Å². The van der Waals surface area contributed by atoms with Crippen molar-refractivity contribution in [2.75, 3.05) is 5.32 Å². The highest BCUT2D eigenvalue weighted by Crippen LogP contribution is 2.10. The SMILES string of the molecule is C/C=C/CC(NC(=O)c1ccc(NC(=O)NC(C)C)cc1)C(=O)O. The Morgan fingerprint density at radius 1 is 1.12 bits per heavy atom. The van der Waals surface area contributed by atoms with Gasteiger partial charge in [-0.1, -0.05) is 12.2 Å². The van der Waals surface area contributed by atoms with Gasteiger partial charge in [-0.2, -0.15) is 0 Å². The van der Waals surface area contributed by atoms with Gasteiger partial charge in [0, 0.05) is 17.3 Å². The lowest BCUT2D eigenvalue weighted by Gasteiger charge is -2.13. The standard InChI is InChI=1S/C17H23N3O4/c1-4-5-6-14(16(22)23)20-15(21)12-7-9-13(10-8-12)19-17(24)18-11(2)3/h4-5,7-11,14H,6H2,1-3H3,(H,20,21)(H,22,23)(H2,18,19,24)/b5-4+. The van der Waals surface area contributed by atoms with Crippen molar-refractivity contribution in [1.29, 1.82) is 0 Å². The van der Waals surface area contributed by atoms with Gasteiger partial charge in [-0.25, -0.2) is 9.59 Å². The van der Waals surface area contributed by atoms with Gasteiger partial charge in [-0.15, -0.1) is 0 Å². The van der Waals surface area contributed by atoms with Crippen LogP contribution in [0.4, 0.5) is 10.5 Å². The smallest absolute Gasteiger partial charge is 0.326 e. The van der Waals surface area contributed by atoms with E-state index in [2.05, 4.69) is 16.0 Å². The average molecular weight is 333 g/mol. The largest absolute Gasteiger partial charge is 0.480 e. The molecule has 0 bridgehead atoms. The summed E-state index contributed by atoms with van der Waals surface area (Å²) in [5.74, 6) is -1.57. The lowest BCUT2D eigenvalue weighted by Crippen LogP contribution is -2.40. The van der Waals surface area contributed by atoms with Gasteiger partial charge in [0.25, 0.3) is 5.91 Å². The zero-order valence-corrected chi connectivity index (χ0v) is 14.0. The molecule has 7 heteroatoms. The molecule has 1 rings (SSSR count). The second-order valence-corrected chi connectivity index (χ2v) is 5.50. The zero-order chi connectivity index (χ0) is 18.1. The molecular weight excluding hydrogens is 310 g/mol. The Labute approximate surface area is 141 Å². The summed E-state index contributed by atoms with van der Waals surface area (Å²) in [4.78, 5) is 34.8. The molecule has 0 saturated heterocycles. The van der Waals surface area contributed by atoms with E-state index in [1.807, 2.05) is 13.8 Å². The van der Waals surface area contributed by atoms with E-state index in [0.29, 0.717) is 11.3 Å². The summed E-state index contributed by atoms with van der Waals surface area (Å²) >= 11 is 0. The molecule has 1 aromatic carbocycles. The normalized spacial score (nSPS) is 12.0. The third-order valence-electron chi connectivity index (χ3n) is 3.04. The Kier molecular flexibility index (Phi) is 7.48. The van der Waals surface area contributed by atoms with Crippen LogP contribution in [-0.4, -0.2) is 35.1 Å². The van der Waals surface area contributed by atoms with Crippen molar-refractivity contribution in [1.82, 2.24) is 10.6 Å². The Morgan fingerprint density at radius 2 is 1.75 bits per heavy atom. The Morgan fingerprint density at radius 3 is 2.25 bits per heavy atom. The van der Waals surface area contributed by atoms with Crippen LogP contribution in [-0.2, 0) is 4.79 Å². The summed E-state index contributed by atoms with van der Waals surface area (Å²) in [6.07, 6.45) is 3.62. The second-order valence-electron chi connectivity index (χ2n) is 5.50. The van der Waals surface area contributed by atoms with Gasteiger partial charge in [0.05, 0.1) is 0 Å². The number of carbonyl (C=O) groups is 3. The van der Waals surface area contributed by atoms with E-state index in [1.54, 1.807) is 31.2 Å². The maximum absolute atomic E-state index is 12.1. The number of amides is 3. The summed E-state index contributed by atoms with van der Waals surface area (Å²) < 4.78 is 0. The van der Waals surface area contributed by atoms with E-state index in [0.717, 1.165) is 0 Å². The van der Waals surface area contributed by atoms with Gasteiger partial charge in [-0.05, 0) is 51.5 Å². The first-order valence-corrected chi connectivity index (χ1v) is 7.66. The van der Waals surface area contributed by atoms with E-state index in [9.17, 15) is 14.4 Å². The fourth-order valence-corrected chi connectivity index (χ4v) is 1.87. The molecular formula is C17H23N3O4. The first-order chi connectivity index (χ1) is 11.3. The first kappa shape index (κ1) is 19.2. The average Bonchev–Trinajstić information content (AvgIpc) is 2.50. The summed E-state index contributed by atoms with van der Waals surface area (Å²) in [6, 6.07) is 4.90. The van der Waals surface area contributed by atoms with E-state index >= 15 is 0 Å². The number of carboxylic acids is 1. The van der Waals surface area contributed by atoms with Crippen molar-refractivity contribution >= 4 is 23.6 Å². The Bertz CT molecular complexity index is 609. The number of carboxylic acid groups (broad SMARTS) is 1. The van der Waals surface area contributed by atoms with Crippen LogP contribution < -0.4 is 16.0 Å². The molecule has 1 aromatic rings. The van der Waals surface area contributed by atoms with Crippen molar-refractivity contribution < 1.29 is 19.5 Å². The van der Waals surface area contributed by atoms with E-state index in [-0.39, 0.29) is 18.5 Å². The van der Waals surface area contributed by atoms with Crippen LogP contribution in [0.15, 0.2) is 36.4 Å². The molecule has 1 unspecified atom stereocenters. The fourth-order valence-electron chi connectivity index (χ4n) is 1.87. The molecule has 4 N–H and O–H groups in total. The fraction of sp³-hybridized carbons (Fsp3) is 0.353. The summed E-state index contributed by atoms with van der Waals surface area (Å²) in [7, 11) is 0. The molecule has 7 nitrogen and oxygen atoms in total. The van der Waals surface area contributed by atoms with Crippen LogP contribution in [0.1, 0.15) is 37.6 Å². The van der Waals surface area contributed by atoms with E-state index < -0.39 is 17.9 Å². The molecule has 130 valence electrons. The lowest BCUT2D eigenvalue weighted by atomic mass is 10.1. The number of anilines is 1. The molecule has 0 aliphatic heterocycles. The van der Waals surface area contributed by atoms with Crippen LogP contribution in [0.25, 0.3) is 0 Å². The highest BCUT2D eigenvalue weighted by Gasteiger charge is 2.19. The van der Waals surface area contributed by atoms with E-state index in [1.165, 1.54) is 12.1 Å². The number of nitrogens with one attached hydrogen (secondary N) is 3. The van der Waals surface area contributed by atoms with Gasteiger partial charge < -0.3 is 21.1 Å². The van der Waals surface area contributed by atoms with Crippen LogP contribution in [0, 0.1) is 0 Å². The molecule has 24 heavy (non-hydrogen) atoms. The summed E-state index contributed by atoms with van der Waals surface area (Å²) in [5, 5.41) is 16.9. The number of carbonyl (C=O) groups excluding carboxylic acids is 2. The third-order valence-corrected chi connectivity index (χ3v) is 3.04.